The summed E-state index contributed by atoms with van der Waals surface area (Å²) < 4.78 is 52.7. The molecule has 8 rings (SSSR count). The summed E-state index contributed by atoms with van der Waals surface area (Å²) in [6.45, 7) is -4.41. The van der Waals surface area contributed by atoms with Gasteiger partial charge in [-0.3, -0.25) is 23.0 Å². The predicted molar refractivity (Wildman–Crippen MR) is 165 cm³/mol. The minimum Gasteiger partial charge on any atom is -0.431 e. The second-order valence-electron chi connectivity index (χ2n) is 11.8. The molecule has 256 valence electrons. The SMILES string of the molecule is O=C1OC[C@H]2O[C@@H](n3cc4c5c(ncnc53)NCCC4)C[C@@H]2O[P@](=O)(S)OC[C@H]2O[C@@H](n3cnc4c(=O)n(CCO)cnc43)[C@H](O1)[C@@H]2O. The lowest BCUT2D eigenvalue weighted by Crippen LogP contribution is -2.37. The third-order valence-electron chi connectivity index (χ3n) is 8.84. The predicted octanol–water partition coefficient (Wildman–Crippen LogP) is 0.909. The monoisotopic (exact) mass is 706 g/mol. The van der Waals surface area contributed by atoms with E-state index < -0.39 is 68.1 Å². The normalized spacial score (nSPS) is 32.4. The van der Waals surface area contributed by atoms with E-state index in [1.54, 1.807) is 0 Å². The van der Waals surface area contributed by atoms with Gasteiger partial charge in [-0.2, -0.15) is 0 Å². The molecule has 4 aliphatic heterocycles. The van der Waals surface area contributed by atoms with E-state index in [0.717, 1.165) is 36.2 Å². The number of hydrogen-bond acceptors (Lipinski definition) is 16. The Morgan fingerprint density at radius 3 is 2.77 bits per heavy atom. The molecule has 0 radical (unpaired) electrons. The highest BCUT2D eigenvalue weighted by molar-refractivity contribution is 8.44. The highest BCUT2D eigenvalue weighted by atomic mass is 32.7. The lowest BCUT2D eigenvalue weighted by molar-refractivity contribution is -0.0828. The number of rotatable bonds is 4. The molecule has 48 heavy (non-hydrogen) atoms. The summed E-state index contributed by atoms with van der Waals surface area (Å²) in [5, 5.41) is 24.6. The van der Waals surface area contributed by atoms with Crippen LogP contribution in [0.2, 0.25) is 0 Å². The van der Waals surface area contributed by atoms with Crippen molar-refractivity contribution in [2.45, 2.75) is 68.8 Å². The summed E-state index contributed by atoms with van der Waals surface area (Å²) >= 11 is 4.19. The number of anilines is 1. The minimum absolute atomic E-state index is 0.0122. The number of aliphatic hydroxyl groups is 2. The average molecular weight is 707 g/mol. The van der Waals surface area contributed by atoms with Gasteiger partial charge in [0.2, 0.25) is 0 Å². The summed E-state index contributed by atoms with van der Waals surface area (Å²) in [7, 11) is 0. The van der Waals surface area contributed by atoms with Crippen LogP contribution in [0, 0.1) is 0 Å². The zero-order chi connectivity index (χ0) is 33.2. The summed E-state index contributed by atoms with van der Waals surface area (Å²) in [5.74, 6) is 0.734. The summed E-state index contributed by atoms with van der Waals surface area (Å²) in [5.41, 5.74) is 1.23. The number of aliphatic hydroxyl groups excluding tert-OH is 2. The number of fused-ring (bicyclic) bond motifs is 4. The Labute approximate surface area is 275 Å². The molecule has 0 spiro atoms. The summed E-state index contributed by atoms with van der Waals surface area (Å²) in [6.07, 6.45) is -1.03. The average Bonchev–Trinajstić information content (AvgIpc) is 3.80. The van der Waals surface area contributed by atoms with Crippen LogP contribution < -0.4 is 10.9 Å². The van der Waals surface area contributed by atoms with Crippen LogP contribution in [0.25, 0.3) is 22.2 Å². The van der Waals surface area contributed by atoms with Gasteiger partial charge < -0.3 is 39.0 Å². The van der Waals surface area contributed by atoms with Crippen LogP contribution in [0.1, 0.15) is 30.9 Å². The van der Waals surface area contributed by atoms with Crippen LogP contribution in [0.3, 0.4) is 0 Å². The van der Waals surface area contributed by atoms with Crippen molar-refractivity contribution in [3.63, 3.8) is 0 Å². The van der Waals surface area contributed by atoms with Gasteiger partial charge >= 0.3 is 13.0 Å². The fraction of sp³-hybridized carbons (Fsp3) is 0.556. The molecule has 4 aliphatic rings. The maximum atomic E-state index is 13.5. The standard InChI is InChI=1S/C27H31N8O11PS/c36-5-4-33-11-32-24-19(25(33)38)31-12-35(24)26-21-20(37)16(44-26)9-42-47(40,48)46-14-6-17(43-15(14)8-41-27(39)45-21)34-7-13-2-1-3-28-22-18(13)23(34)30-10-29-22/h7,10-12,14-17,20-21,26,36-37H,1-6,8-9H2,(H,40,48)(H,28,29,30)/t14-,15+,16+,17+,20+,21+,26+,47+/m0/s1. The number of aryl methyl sites for hydroxylation is 1. The number of hydrogen-bond donors (Lipinski definition) is 4. The number of carbonyl (C=O) groups is 1. The van der Waals surface area contributed by atoms with Crippen molar-refractivity contribution in [1.29, 1.82) is 0 Å². The molecule has 3 saturated heterocycles. The van der Waals surface area contributed by atoms with E-state index >= 15 is 0 Å². The zero-order valence-electron chi connectivity index (χ0n) is 25.1. The topological polar surface area (TPSA) is 225 Å². The molecule has 2 bridgehead atoms. The Morgan fingerprint density at radius 2 is 1.92 bits per heavy atom. The lowest BCUT2D eigenvalue weighted by atomic mass is 10.1. The highest BCUT2D eigenvalue weighted by Gasteiger charge is 2.50. The van der Waals surface area contributed by atoms with Crippen molar-refractivity contribution in [3.8, 4) is 0 Å². The van der Waals surface area contributed by atoms with Crippen molar-refractivity contribution >= 4 is 53.2 Å². The summed E-state index contributed by atoms with van der Waals surface area (Å²) in [4.78, 5) is 43.2. The second-order valence-corrected chi connectivity index (χ2v) is 14.7. The first-order valence-corrected chi connectivity index (χ1v) is 18.0. The van der Waals surface area contributed by atoms with Crippen molar-refractivity contribution in [3.05, 3.63) is 41.1 Å². The zero-order valence-corrected chi connectivity index (χ0v) is 26.9. The van der Waals surface area contributed by atoms with Crippen molar-refractivity contribution in [1.82, 2.24) is 33.6 Å². The number of carbonyl (C=O) groups excluding carboxylic acids is 1. The largest absolute Gasteiger partial charge is 0.508 e. The second kappa shape index (κ2) is 12.4. The van der Waals surface area contributed by atoms with Crippen LogP contribution in [0.15, 0.2) is 30.0 Å². The summed E-state index contributed by atoms with van der Waals surface area (Å²) in [6, 6.07) is 0. The van der Waals surface area contributed by atoms with E-state index in [4.69, 9.17) is 28.0 Å². The molecule has 4 aromatic rings. The van der Waals surface area contributed by atoms with Crippen LogP contribution >= 0.6 is 19.0 Å². The Morgan fingerprint density at radius 1 is 1.04 bits per heavy atom. The molecule has 0 saturated carbocycles. The molecule has 19 nitrogen and oxygen atoms in total. The molecular weight excluding hydrogens is 675 g/mol. The number of imidazole rings is 1. The Bertz CT molecular complexity index is 1990. The fourth-order valence-electron chi connectivity index (χ4n) is 6.59. The van der Waals surface area contributed by atoms with E-state index in [-0.39, 0.29) is 37.3 Å². The third kappa shape index (κ3) is 5.55. The molecule has 3 N–H and O–H groups in total. The smallest absolute Gasteiger partial charge is 0.431 e. The van der Waals surface area contributed by atoms with Gasteiger partial charge in [0.05, 0.1) is 31.5 Å². The Kier molecular flexibility index (Phi) is 8.15. The molecular formula is C27H31N8O11PS. The van der Waals surface area contributed by atoms with Crippen LogP contribution in [0.4, 0.5) is 10.6 Å². The molecule has 0 amide bonds. The lowest BCUT2D eigenvalue weighted by Gasteiger charge is -2.23. The van der Waals surface area contributed by atoms with E-state index in [1.807, 2.05) is 10.8 Å². The highest BCUT2D eigenvalue weighted by Crippen LogP contribution is 2.57. The van der Waals surface area contributed by atoms with Gasteiger partial charge in [0.1, 0.15) is 61.4 Å². The first-order valence-electron chi connectivity index (χ1n) is 15.3. The van der Waals surface area contributed by atoms with E-state index in [0.29, 0.717) is 5.65 Å². The molecule has 8 heterocycles. The van der Waals surface area contributed by atoms with Crippen LogP contribution in [-0.4, -0.2) is 107 Å². The van der Waals surface area contributed by atoms with Gasteiger partial charge in [0, 0.05) is 19.2 Å². The maximum Gasteiger partial charge on any atom is 0.508 e. The number of nitrogens with one attached hydrogen (secondary N) is 1. The quantitative estimate of drug-likeness (QED) is 0.131. The van der Waals surface area contributed by atoms with Crippen molar-refractivity contribution < 1.29 is 47.6 Å². The van der Waals surface area contributed by atoms with Crippen molar-refractivity contribution in [2.75, 3.05) is 31.7 Å². The van der Waals surface area contributed by atoms with E-state index in [9.17, 15) is 24.4 Å². The van der Waals surface area contributed by atoms with E-state index in [1.165, 1.54) is 28.1 Å². The molecule has 8 atom stereocenters. The number of cyclic esters (lactones) is 1. The minimum atomic E-state index is -4.10. The van der Waals surface area contributed by atoms with Gasteiger partial charge in [-0.15, -0.1) is 0 Å². The first kappa shape index (κ1) is 31.6. The van der Waals surface area contributed by atoms with Crippen LogP contribution in [-0.2, 0) is 45.5 Å². The number of nitrogens with zero attached hydrogens (tertiary/aromatic N) is 7. The van der Waals surface area contributed by atoms with Gasteiger partial charge in [-0.05, 0) is 18.4 Å². The maximum absolute atomic E-state index is 13.5. The van der Waals surface area contributed by atoms with Gasteiger partial charge in [0.15, 0.2) is 23.5 Å². The molecule has 0 aromatic carbocycles. The molecule has 3 fully saturated rings. The molecule has 21 heteroatoms. The fourth-order valence-corrected chi connectivity index (χ4v) is 8.12. The molecule has 0 unspecified atom stereocenters. The van der Waals surface area contributed by atoms with Gasteiger partial charge in [0.25, 0.3) is 5.56 Å². The van der Waals surface area contributed by atoms with Crippen molar-refractivity contribution in [2.24, 2.45) is 0 Å². The third-order valence-corrected chi connectivity index (χ3v) is 10.5. The first-order chi connectivity index (χ1) is 23.2. The number of thiol groups is 1. The number of aromatic nitrogens is 7. The van der Waals surface area contributed by atoms with E-state index in [2.05, 4.69) is 37.5 Å². The number of ether oxygens (including phenoxy) is 4. The molecule has 0 aliphatic carbocycles. The molecule has 4 aromatic heterocycles. The van der Waals surface area contributed by atoms with Crippen LogP contribution in [0.5, 0.6) is 0 Å². The van der Waals surface area contributed by atoms with Gasteiger partial charge in [-0.1, -0.05) is 12.2 Å². The Hall–Kier alpha value is -3.62. The van der Waals surface area contributed by atoms with Gasteiger partial charge in [-0.25, -0.2) is 29.3 Å². The Balaban J connectivity index is 1.06.